The van der Waals surface area contributed by atoms with Gasteiger partial charge in [-0.05, 0) is 43.4 Å². The van der Waals surface area contributed by atoms with Crippen LogP contribution in [0.2, 0.25) is 0 Å². The summed E-state index contributed by atoms with van der Waals surface area (Å²) in [6.07, 6.45) is 3.32. The van der Waals surface area contributed by atoms with Crippen molar-refractivity contribution in [3.05, 3.63) is 18.2 Å². The van der Waals surface area contributed by atoms with E-state index >= 15 is 0 Å². The molecular formula is C19H25NO5S. The van der Waals surface area contributed by atoms with Crippen molar-refractivity contribution in [2.75, 3.05) is 32.1 Å². The second-order valence-electron chi connectivity index (χ2n) is 6.68. The second-order valence-corrected chi connectivity index (χ2v) is 7.85. The average Bonchev–Trinajstić information content (AvgIpc) is 2.66. The van der Waals surface area contributed by atoms with Gasteiger partial charge in [-0.15, -0.1) is 11.8 Å². The number of thioether (sulfide) groups is 1. The van der Waals surface area contributed by atoms with E-state index in [9.17, 15) is 9.59 Å². The van der Waals surface area contributed by atoms with Gasteiger partial charge in [-0.2, -0.15) is 0 Å². The van der Waals surface area contributed by atoms with Gasteiger partial charge in [0.15, 0.2) is 11.5 Å². The molecule has 26 heavy (non-hydrogen) atoms. The third-order valence-electron chi connectivity index (χ3n) is 4.74. The predicted molar refractivity (Wildman–Crippen MR) is 98.9 cm³/mol. The van der Waals surface area contributed by atoms with Gasteiger partial charge in [-0.3, -0.25) is 9.59 Å². The first-order chi connectivity index (χ1) is 12.6. The molecule has 1 unspecified atom stereocenters. The SMILES string of the molecule is O=C(O)CCC1CCCN(C(=O)CCSc2ccc3c(c2)OCCO3)C1. The van der Waals surface area contributed by atoms with Crippen LogP contribution in [0.15, 0.2) is 23.1 Å². The van der Waals surface area contributed by atoms with Gasteiger partial charge in [0.25, 0.3) is 0 Å². The lowest BCUT2D eigenvalue weighted by molar-refractivity contribution is -0.137. The zero-order valence-electron chi connectivity index (χ0n) is 14.8. The fourth-order valence-corrected chi connectivity index (χ4v) is 4.25. The quantitative estimate of drug-likeness (QED) is 0.734. The van der Waals surface area contributed by atoms with Crippen LogP contribution in [0, 0.1) is 5.92 Å². The highest BCUT2D eigenvalue weighted by atomic mass is 32.2. The summed E-state index contributed by atoms with van der Waals surface area (Å²) in [6, 6.07) is 5.87. The van der Waals surface area contributed by atoms with Crippen molar-refractivity contribution in [2.45, 2.75) is 37.0 Å². The van der Waals surface area contributed by atoms with Gasteiger partial charge in [0, 0.05) is 36.6 Å². The molecule has 0 aliphatic carbocycles. The largest absolute Gasteiger partial charge is 0.486 e. The van der Waals surface area contributed by atoms with E-state index in [1.165, 1.54) is 0 Å². The van der Waals surface area contributed by atoms with E-state index in [0.717, 1.165) is 41.5 Å². The molecule has 0 spiro atoms. The number of aliphatic carboxylic acids is 1. The summed E-state index contributed by atoms with van der Waals surface area (Å²) in [5.41, 5.74) is 0. The van der Waals surface area contributed by atoms with Crippen LogP contribution in [0.25, 0.3) is 0 Å². The summed E-state index contributed by atoms with van der Waals surface area (Å²) < 4.78 is 11.1. The molecule has 2 aliphatic rings. The fourth-order valence-electron chi connectivity index (χ4n) is 3.38. The standard InChI is InChI=1S/C19H25NO5S/c21-18(20-8-1-2-14(13-20)3-6-19(22)23)7-11-26-15-4-5-16-17(12-15)25-10-9-24-16/h4-5,12,14H,1-3,6-11,13H2,(H,22,23). The minimum atomic E-state index is -0.760. The van der Waals surface area contributed by atoms with Gasteiger partial charge in [0.05, 0.1) is 0 Å². The number of carbonyl (C=O) groups is 2. The van der Waals surface area contributed by atoms with E-state index in [0.29, 0.717) is 38.5 Å². The van der Waals surface area contributed by atoms with Crippen LogP contribution in [-0.2, 0) is 9.59 Å². The Bertz CT molecular complexity index is 651. The van der Waals surface area contributed by atoms with Gasteiger partial charge in [-0.1, -0.05) is 0 Å². The maximum absolute atomic E-state index is 12.5. The minimum Gasteiger partial charge on any atom is -0.486 e. The summed E-state index contributed by atoms with van der Waals surface area (Å²) in [5, 5.41) is 8.82. The van der Waals surface area contributed by atoms with Crippen molar-refractivity contribution >= 4 is 23.6 Å². The molecule has 6 nitrogen and oxygen atoms in total. The number of benzene rings is 1. The molecule has 0 bridgehead atoms. The molecule has 1 N–H and O–H groups in total. The lowest BCUT2D eigenvalue weighted by atomic mass is 9.93. The first-order valence-electron chi connectivity index (χ1n) is 9.14. The van der Waals surface area contributed by atoms with Crippen LogP contribution in [-0.4, -0.2) is 53.9 Å². The van der Waals surface area contributed by atoms with E-state index in [4.69, 9.17) is 14.6 Å². The van der Waals surface area contributed by atoms with E-state index in [2.05, 4.69) is 0 Å². The van der Waals surface area contributed by atoms with E-state index < -0.39 is 5.97 Å². The Morgan fingerprint density at radius 1 is 1.19 bits per heavy atom. The number of hydrogen-bond acceptors (Lipinski definition) is 5. The highest BCUT2D eigenvalue weighted by Gasteiger charge is 2.23. The lowest BCUT2D eigenvalue weighted by Crippen LogP contribution is -2.40. The van der Waals surface area contributed by atoms with Crippen LogP contribution in [0.1, 0.15) is 32.1 Å². The Morgan fingerprint density at radius 2 is 2.00 bits per heavy atom. The number of carboxylic acid groups (broad SMARTS) is 1. The van der Waals surface area contributed by atoms with Gasteiger partial charge >= 0.3 is 5.97 Å². The molecule has 142 valence electrons. The fraction of sp³-hybridized carbons (Fsp3) is 0.579. The van der Waals surface area contributed by atoms with Crippen molar-refractivity contribution in [3.8, 4) is 11.5 Å². The van der Waals surface area contributed by atoms with Gasteiger partial charge in [0.2, 0.25) is 5.91 Å². The molecule has 1 aromatic rings. The van der Waals surface area contributed by atoms with Crippen LogP contribution >= 0.6 is 11.8 Å². The van der Waals surface area contributed by atoms with Gasteiger partial charge in [-0.25, -0.2) is 0 Å². The van der Waals surface area contributed by atoms with Crippen molar-refractivity contribution in [3.63, 3.8) is 0 Å². The van der Waals surface area contributed by atoms with Gasteiger partial charge < -0.3 is 19.5 Å². The number of fused-ring (bicyclic) bond motifs is 1. The number of nitrogens with zero attached hydrogens (tertiary/aromatic N) is 1. The first kappa shape index (κ1) is 18.9. The Kier molecular flexibility index (Phi) is 6.66. The van der Waals surface area contributed by atoms with Gasteiger partial charge in [0.1, 0.15) is 13.2 Å². The first-order valence-corrected chi connectivity index (χ1v) is 10.1. The Hall–Kier alpha value is -1.89. The molecule has 0 aromatic heterocycles. The van der Waals surface area contributed by atoms with Crippen molar-refractivity contribution in [2.24, 2.45) is 5.92 Å². The zero-order valence-corrected chi connectivity index (χ0v) is 15.6. The third kappa shape index (κ3) is 5.30. The molecule has 1 amide bonds. The van der Waals surface area contributed by atoms with Crippen molar-refractivity contribution < 1.29 is 24.2 Å². The van der Waals surface area contributed by atoms with Crippen LogP contribution in [0.4, 0.5) is 0 Å². The molecule has 1 saturated heterocycles. The molecule has 2 heterocycles. The number of likely N-dealkylation sites (tertiary alicyclic amines) is 1. The maximum Gasteiger partial charge on any atom is 0.303 e. The minimum absolute atomic E-state index is 0.162. The highest BCUT2D eigenvalue weighted by molar-refractivity contribution is 7.99. The lowest BCUT2D eigenvalue weighted by Gasteiger charge is -2.32. The Morgan fingerprint density at radius 3 is 2.81 bits per heavy atom. The summed E-state index contributed by atoms with van der Waals surface area (Å²) in [6.45, 7) is 2.63. The van der Waals surface area contributed by atoms with Crippen LogP contribution in [0.3, 0.4) is 0 Å². The Balaban J connectivity index is 1.43. The number of carboxylic acids is 1. The number of piperidine rings is 1. The third-order valence-corrected chi connectivity index (χ3v) is 5.73. The number of amides is 1. The molecule has 1 aromatic carbocycles. The molecule has 7 heteroatoms. The normalized spacial score (nSPS) is 19.2. The number of hydrogen-bond donors (Lipinski definition) is 1. The number of rotatable bonds is 7. The van der Waals surface area contributed by atoms with Crippen LogP contribution in [0.5, 0.6) is 11.5 Å². The molecule has 0 radical (unpaired) electrons. The molecular weight excluding hydrogens is 354 g/mol. The molecule has 1 atom stereocenters. The zero-order chi connectivity index (χ0) is 18.4. The summed E-state index contributed by atoms with van der Waals surface area (Å²) >= 11 is 1.64. The second kappa shape index (κ2) is 9.16. The monoisotopic (exact) mass is 379 g/mol. The smallest absolute Gasteiger partial charge is 0.303 e. The summed E-state index contributed by atoms with van der Waals surface area (Å²) in [5.74, 6) is 1.98. The van der Waals surface area contributed by atoms with Crippen molar-refractivity contribution in [1.29, 1.82) is 0 Å². The average molecular weight is 379 g/mol. The van der Waals surface area contributed by atoms with E-state index in [1.54, 1.807) is 11.8 Å². The van der Waals surface area contributed by atoms with E-state index in [-0.39, 0.29) is 12.3 Å². The number of ether oxygens (including phenoxy) is 2. The Labute approximate surface area is 157 Å². The predicted octanol–water partition coefficient (Wildman–Crippen LogP) is 3.04. The topological polar surface area (TPSA) is 76.1 Å². The molecule has 2 aliphatic heterocycles. The maximum atomic E-state index is 12.5. The summed E-state index contributed by atoms with van der Waals surface area (Å²) in [4.78, 5) is 26.2. The van der Waals surface area contributed by atoms with E-state index in [1.807, 2.05) is 23.1 Å². The molecule has 3 rings (SSSR count). The van der Waals surface area contributed by atoms with Crippen LogP contribution < -0.4 is 9.47 Å². The summed E-state index contributed by atoms with van der Waals surface area (Å²) in [7, 11) is 0. The number of carbonyl (C=O) groups excluding carboxylic acids is 1. The highest BCUT2D eigenvalue weighted by Crippen LogP contribution is 2.34. The molecule has 1 fully saturated rings. The van der Waals surface area contributed by atoms with Crippen molar-refractivity contribution in [1.82, 2.24) is 4.90 Å². The molecule has 0 saturated carbocycles.